The number of rotatable bonds is 2. The standard InChI is InChI=1S/C17H14N6/c1-11-3-2-4-16(21-11)23-14-9-12(5-6-13(14)10-20-23)17-19-8-7-15(18)22-17/h2-10H,1H3,(H2,18,19,22). The molecule has 0 radical (unpaired) electrons. The molecule has 2 N–H and O–H groups in total. The molecule has 3 heterocycles. The van der Waals surface area contributed by atoms with E-state index in [1.54, 1.807) is 12.3 Å². The van der Waals surface area contributed by atoms with Crippen LogP contribution in [0.5, 0.6) is 0 Å². The largest absolute Gasteiger partial charge is 0.384 e. The van der Waals surface area contributed by atoms with Crippen molar-refractivity contribution >= 4 is 16.7 Å². The van der Waals surface area contributed by atoms with Gasteiger partial charge in [0, 0.05) is 22.8 Å². The van der Waals surface area contributed by atoms with Crippen molar-refractivity contribution in [1.82, 2.24) is 24.7 Å². The van der Waals surface area contributed by atoms with Crippen LogP contribution < -0.4 is 5.73 Å². The Morgan fingerprint density at radius 1 is 1.04 bits per heavy atom. The summed E-state index contributed by atoms with van der Waals surface area (Å²) in [6.07, 6.45) is 3.48. The summed E-state index contributed by atoms with van der Waals surface area (Å²) in [5.74, 6) is 1.83. The van der Waals surface area contributed by atoms with Gasteiger partial charge in [0.15, 0.2) is 11.6 Å². The van der Waals surface area contributed by atoms with Gasteiger partial charge in [-0.3, -0.25) is 0 Å². The maximum atomic E-state index is 5.75. The van der Waals surface area contributed by atoms with Crippen LogP contribution in [0.2, 0.25) is 0 Å². The number of nitrogen functional groups attached to an aromatic ring is 1. The van der Waals surface area contributed by atoms with Crippen molar-refractivity contribution in [2.45, 2.75) is 6.92 Å². The van der Waals surface area contributed by atoms with E-state index in [0.29, 0.717) is 11.6 Å². The quantitative estimate of drug-likeness (QED) is 0.615. The Balaban J connectivity index is 1.90. The second-order valence-corrected chi connectivity index (χ2v) is 5.27. The Morgan fingerprint density at radius 3 is 2.78 bits per heavy atom. The Kier molecular flexibility index (Phi) is 3.01. The van der Waals surface area contributed by atoms with Crippen molar-refractivity contribution in [3.05, 3.63) is 60.6 Å². The highest BCUT2D eigenvalue weighted by Crippen LogP contribution is 2.24. The van der Waals surface area contributed by atoms with Gasteiger partial charge in [-0.2, -0.15) is 5.10 Å². The van der Waals surface area contributed by atoms with E-state index < -0.39 is 0 Å². The van der Waals surface area contributed by atoms with Crippen LogP contribution in [0.1, 0.15) is 5.69 Å². The number of nitrogens with zero attached hydrogens (tertiary/aromatic N) is 5. The van der Waals surface area contributed by atoms with E-state index in [2.05, 4.69) is 20.1 Å². The molecule has 0 unspecified atom stereocenters. The van der Waals surface area contributed by atoms with Gasteiger partial charge in [0.2, 0.25) is 0 Å². The second-order valence-electron chi connectivity index (χ2n) is 5.27. The molecule has 6 nitrogen and oxygen atoms in total. The summed E-state index contributed by atoms with van der Waals surface area (Å²) < 4.78 is 1.82. The topological polar surface area (TPSA) is 82.5 Å². The van der Waals surface area contributed by atoms with Gasteiger partial charge in [-0.1, -0.05) is 18.2 Å². The molecule has 1 aromatic carbocycles. The Bertz CT molecular complexity index is 1000. The monoisotopic (exact) mass is 302 g/mol. The molecule has 4 aromatic rings. The van der Waals surface area contributed by atoms with E-state index in [9.17, 15) is 0 Å². The average molecular weight is 302 g/mol. The number of anilines is 1. The molecule has 0 fully saturated rings. The zero-order valence-corrected chi connectivity index (χ0v) is 12.5. The summed E-state index contributed by atoms with van der Waals surface area (Å²) in [5.41, 5.74) is 8.53. The normalized spacial score (nSPS) is 11.0. The van der Waals surface area contributed by atoms with Crippen LogP contribution in [0.25, 0.3) is 28.1 Å². The van der Waals surface area contributed by atoms with Crippen molar-refractivity contribution in [3.63, 3.8) is 0 Å². The molecule has 0 aliphatic carbocycles. The molecule has 0 saturated carbocycles. The molecule has 0 aliphatic heterocycles. The van der Waals surface area contributed by atoms with Crippen molar-refractivity contribution in [1.29, 1.82) is 0 Å². The van der Waals surface area contributed by atoms with Gasteiger partial charge in [-0.05, 0) is 31.2 Å². The molecule has 0 saturated heterocycles. The predicted octanol–water partition coefficient (Wildman–Crippen LogP) is 2.77. The minimum Gasteiger partial charge on any atom is -0.384 e. The third-order valence-electron chi connectivity index (χ3n) is 3.60. The first-order chi connectivity index (χ1) is 11.2. The van der Waals surface area contributed by atoms with Crippen molar-refractivity contribution in [2.24, 2.45) is 0 Å². The first-order valence-corrected chi connectivity index (χ1v) is 7.21. The lowest BCUT2D eigenvalue weighted by atomic mass is 10.1. The molecule has 0 amide bonds. The molecule has 0 bridgehead atoms. The lowest BCUT2D eigenvalue weighted by Gasteiger charge is -2.05. The number of nitrogens with two attached hydrogens (primary N) is 1. The number of fused-ring (bicyclic) bond motifs is 1. The van der Waals surface area contributed by atoms with Gasteiger partial charge in [0.05, 0.1) is 11.7 Å². The fraction of sp³-hybridized carbons (Fsp3) is 0.0588. The van der Waals surface area contributed by atoms with Gasteiger partial charge in [-0.25, -0.2) is 19.6 Å². The van der Waals surface area contributed by atoms with E-state index in [-0.39, 0.29) is 0 Å². The summed E-state index contributed by atoms with van der Waals surface area (Å²) in [5, 5.41) is 5.48. The van der Waals surface area contributed by atoms with Crippen LogP contribution in [0, 0.1) is 6.92 Å². The van der Waals surface area contributed by atoms with Crippen LogP contribution in [0.3, 0.4) is 0 Å². The highest BCUT2D eigenvalue weighted by atomic mass is 15.3. The van der Waals surface area contributed by atoms with Crippen LogP contribution in [-0.4, -0.2) is 24.7 Å². The minimum atomic E-state index is 0.448. The van der Waals surface area contributed by atoms with E-state index in [0.717, 1.165) is 28.0 Å². The maximum Gasteiger partial charge on any atom is 0.161 e. The summed E-state index contributed by atoms with van der Waals surface area (Å²) in [7, 11) is 0. The first-order valence-electron chi connectivity index (χ1n) is 7.21. The predicted molar refractivity (Wildman–Crippen MR) is 89.0 cm³/mol. The summed E-state index contributed by atoms with van der Waals surface area (Å²) in [6.45, 7) is 1.96. The Labute approximate surface area is 132 Å². The first kappa shape index (κ1) is 13.4. The molecule has 3 aromatic heterocycles. The molecule has 23 heavy (non-hydrogen) atoms. The average Bonchev–Trinajstić information content (AvgIpc) is 2.98. The third kappa shape index (κ3) is 2.40. The van der Waals surface area contributed by atoms with Gasteiger partial charge in [0.1, 0.15) is 5.82 Å². The van der Waals surface area contributed by atoms with Crippen LogP contribution >= 0.6 is 0 Å². The number of hydrogen-bond acceptors (Lipinski definition) is 5. The smallest absolute Gasteiger partial charge is 0.161 e. The van der Waals surface area contributed by atoms with Crippen molar-refractivity contribution in [3.8, 4) is 17.2 Å². The van der Waals surface area contributed by atoms with E-state index >= 15 is 0 Å². The number of benzene rings is 1. The lowest BCUT2D eigenvalue weighted by Crippen LogP contribution is -2.00. The molecule has 4 rings (SSSR count). The highest BCUT2D eigenvalue weighted by Gasteiger charge is 2.09. The fourth-order valence-corrected chi connectivity index (χ4v) is 2.50. The number of aryl methyl sites for hydroxylation is 1. The molecule has 0 atom stereocenters. The summed E-state index contributed by atoms with van der Waals surface area (Å²) in [4.78, 5) is 13.1. The number of pyridine rings is 1. The zero-order chi connectivity index (χ0) is 15.8. The maximum absolute atomic E-state index is 5.75. The Hall–Kier alpha value is -3.28. The van der Waals surface area contributed by atoms with Gasteiger partial charge in [-0.15, -0.1) is 0 Å². The fourth-order valence-electron chi connectivity index (χ4n) is 2.50. The third-order valence-corrected chi connectivity index (χ3v) is 3.60. The zero-order valence-electron chi connectivity index (χ0n) is 12.5. The summed E-state index contributed by atoms with van der Waals surface area (Å²) >= 11 is 0. The molecule has 0 aliphatic rings. The van der Waals surface area contributed by atoms with Gasteiger partial charge < -0.3 is 5.73 Å². The van der Waals surface area contributed by atoms with Crippen molar-refractivity contribution < 1.29 is 0 Å². The van der Waals surface area contributed by atoms with Crippen LogP contribution in [0.4, 0.5) is 5.82 Å². The van der Waals surface area contributed by atoms with Gasteiger partial charge >= 0.3 is 0 Å². The second kappa shape index (κ2) is 5.17. The van der Waals surface area contributed by atoms with Crippen LogP contribution in [0.15, 0.2) is 54.9 Å². The number of aromatic nitrogens is 5. The molecular weight excluding hydrogens is 288 g/mol. The Morgan fingerprint density at radius 2 is 1.96 bits per heavy atom. The van der Waals surface area contributed by atoms with E-state index in [1.807, 2.05) is 54.2 Å². The molecule has 112 valence electrons. The minimum absolute atomic E-state index is 0.448. The van der Waals surface area contributed by atoms with Crippen molar-refractivity contribution in [2.75, 3.05) is 5.73 Å². The highest BCUT2D eigenvalue weighted by molar-refractivity contribution is 5.84. The molecule has 6 heteroatoms. The van der Waals surface area contributed by atoms with Gasteiger partial charge in [0.25, 0.3) is 0 Å². The number of hydrogen-bond donors (Lipinski definition) is 1. The van der Waals surface area contributed by atoms with E-state index in [4.69, 9.17) is 5.73 Å². The lowest BCUT2D eigenvalue weighted by molar-refractivity contribution is 0.867. The van der Waals surface area contributed by atoms with E-state index in [1.165, 1.54) is 0 Å². The SMILES string of the molecule is Cc1cccc(-n2ncc3ccc(-c4nccc(N)n4)cc32)n1. The summed E-state index contributed by atoms with van der Waals surface area (Å²) in [6, 6.07) is 13.5. The molecule has 0 spiro atoms. The molecular formula is C17H14N6. The van der Waals surface area contributed by atoms with Crippen LogP contribution in [-0.2, 0) is 0 Å².